The van der Waals surface area contributed by atoms with E-state index in [1.54, 1.807) is 4.68 Å². The molecule has 0 amide bonds. The molecule has 3 nitrogen and oxygen atoms in total. The predicted octanol–water partition coefficient (Wildman–Crippen LogP) is 2.51. The molecule has 2 rings (SSSR count). The van der Waals surface area contributed by atoms with E-state index in [-0.39, 0.29) is 6.61 Å². The Bertz CT molecular complexity index is 477. The van der Waals surface area contributed by atoms with Crippen LogP contribution in [0, 0.1) is 6.20 Å². The largest absolute Gasteiger partial charge is 0.392 e. The van der Waals surface area contributed by atoms with Gasteiger partial charge in [0.1, 0.15) is 0 Å². The lowest BCUT2D eigenvalue weighted by Crippen LogP contribution is -1.97. The highest BCUT2D eigenvalue weighted by Gasteiger charge is 2.02. The van der Waals surface area contributed by atoms with E-state index in [0.717, 1.165) is 29.8 Å². The number of hydrogen-bond acceptors (Lipinski definition) is 2. The molecule has 0 saturated carbocycles. The maximum Gasteiger partial charge on any atom is 0.0929 e. The molecule has 1 aromatic heterocycles. The molecule has 0 bridgehead atoms. The molecule has 1 heterocycles. The summed E-state index contributed by atoms with van der Waals surface area (Å²) < 4.78 is 1.74. The number of benzene rings is 1. The van der Waals surface area contributed by atoms with Crippen LogP contribution in [0.1, 0.15) is 31.0 Å². The zero-order valence-electron chi connectivity index (χ0n) is 10.1. The first-order valence-electron chi connectivity index (χ1n) is 6.00. The standard InChI is InChI=1S/C14H17N2O/c1-2-3-6-13-8-9-16(15-13)14-7-4-5-12(10-14)11-17/h4-5,7-8,10,17H,2-3,6,11H2,1H3. The van der Waals surface area contributed by atoms with Gasteiger partial charge in [0.05, 0.1) is 24.2 Å². The summed E-state index contributed by atoms with van der Waals surface area (Å²) in [6.45, 7) is 2.23. The zero-order valence-corrected chi connectivity index (χ0v) is 10.1. The van der Waals surface area contributed by atoms with Gasteiger partial charge in [0.25, 0.3) is 0 Å². The number of aliphatic hydroxyl groups excluding tert-OH is 1. The van der Waals surface area contributed by atoms with E-state index in [1.807, 2.05) is 30.3 Å². The minimum atomic E-state index is 0.0534. The highest BCUT2D eigenvalue weighted by atomic mass is 16.3. The fraction of sp³-hybridized carbons (Fsp3) is 0.357. The lowest BCUT2D eigenvalue weighted by Gasteiger charge is -2.02. The first kappa shape index (κ1) is 11.9. The van der Waals surface area contributed by atoms with Gasteiger partial charge in [0.15, 0.2) is 0 Å². The molecule has 0 atom stereocenters. The molecule has 0 aliphatic rings. The van der Waals surface area contributed by atoms with E-state index < -0.39 is 0 Å². The topological polar surface area (TPSA) is 38.0 Å². The number of aliphatic hydroxyl groups is 1. The lowest BCUT2D eigenvalue weighted by atomic mass is 10.2. The Kier molecular flexibility index (Phi) is 3.94. The lowest BCUT2D eigenvalue weighted by molar-refractivity contribution is 0.282. The molecule has 1 radical (unpaired) electrons. The van der Waals surface area contributed by atoms with Crippen LogP contribution >= 0.6 is 0 Å². The Morgan fingerprint density at radius 2 is 2.29 bits per heavy atom. The molecule has 17 heavy (non-hydrogen) atoms. The normalized spacial score (nSPS) is 10.7. The summed E-state index contributed by atoms with van der Waals surface area (Å²) in [6.07, 6.45) is 6.43. The van der Waals surface area contributed by atoms with Gasteiger partial charge in [0, 0.05) is 0 Å². The van der Waals surface area contributed by atoms with Gasteiger partial charge in [-0.1, -0.05) is 25.5 Å². The number of nitrogens with zero attached hydrogens (tertiary/aromatic N) is 2. The Hall–Kier alpha value is -1.61. The quantitative estimate of drug-likeness (QED) is 0.855. The van der Waals surface area contributed by atoms with Crippen LogP contribution in [0.5, 0.6) is 0 Å². The number of unbranched alkanes of at least 4 members (excludes halogenated alkanes) is 1. The fourth-order valence-corrected chi connectivity index (χ4v) is 1.72. The van der Waals surface area contributed by atoms with Crippen LogP contribution in [0.4, 0.5) is 0 Å². The van der Waals surface area contributed by atoms with Crippen LogP contribution in [0.15, 0.2) is 30.3 Å². The van der Waals surface area contributed by atoms with E-state index >= 15 is 0 Å². The van der Waals surface area contributed by atoms with Crippen molar-refractivity contribution in [3.8, 4) is 5.69 Å². The van der Waals surface area contributed by atoms with Gasteiger partial charge >= 0.3 is 0 Å². The second-order valence-electron chi connectivity index (χ2n) is 4.11. The average Bonchev–Trinajstić information content (AvgIpc) is 2.85. The van der Waals surface area contributed by atoms with Crippen molar-refractivity contribution < 1.29 is 5.11 Å². The minimum Gasteiger partial charge on any atom is -0.392 e. The Morgan fingerprint density at radius 3 is 3.06 bits per heavy atom. The molecule has 0 aliphatic heterocycles. The van der Waals surface area contributed by atoms with Gasteiger partial charge in [-0.15, -0.1) is 0 Å². The van der Waals surface area contributed by atoms with E-state index in [2.05, 4.69) is 18.2 Å². The second kappa shape index (κ2) is 5.64. The van der Waals surface area contributed by atoms with Crippen LogP contribution in [0.3, 0.4) is 0 Å². The number of aryl methyl sites for hydroxylation is 1. The Labute approximate surface area is 102 Å². The maximum atomic E-state index is 9.09. The first-order chi connectivity index (χ1) is 8.33. The van der Waals surface area contributed by atoms with Gasteiger partial charge < -0.3 is 5.11 Å². The molecular formula is C14H17N2O. The molecule has 2 aromatic rings. The van der Waals surface area contributed by atoms with Crippen molar-refractivity contribution in [3.05, 3.63) is 47.8 Å². The third-order valence-electron chi connectivity index (χ3n) is 2.71. The van der Waals surface area contributed by atoms with Crippen molar-refractivity contribution in [2.75, 3.05) is 0 Å². The molecule has 3 heteroatoms. The highest BCUT2D eigenvalue weighted by molar-refractivity contribution is 5.34. The molecule has 1 N–H and O–H groups in total. The molecular weight excluding hydrogens is 212 g/mol. The van der Waals surface area contributed by atoms with Crippen molar-refractivity contribution in [1.29, 1.82) is 0 Å². The van der Waals surface area contributed by atoms with Crippen LogP contribution in [-0.4, -0.2) is 14.9 Å². The zero-order chi connectivity index (χ0) is 12.1. The monoisotopic (exact) mass is 229 g/mol. The number of aromatic nitrogens is 2. The van der Waals surface area contributed by atoms with Crippen molar-refractivity contribution in [1.82, 2.24) is 9.78 Å². The summed E-state index contributed by atoms with van der Waals surface area (Å²) >= 11 is 0. The third-order valence-corrected chi connectivity index (χ3v) is 2.71. The summed E-state index contributed by atoms with van der Waals surface area (Å²) in [4.78, 5) is 0. The van der Waals surface area contributed by atoms with Gasteiger partial charge in [-0.05, 0) is 36.6 Å². The van der Waals surface area contributed by atoms with E-state index in [4.69, 9.17) is 5.11 Å². The summed E-state index contributed by atoms with van der Waals surface area (Å²) in [5.74, 6) is 0. The van der Waals surface area contributed by atoms with Gasteiger partial charge in [-0.2, -0.15) is 5.10 Å². The molecule has 0 saturated heterocycles. The van der Waals surface area contributed by atoms with Crippen LogP contribution in [0.2, 0.25) is 0 Å². The smallest absolute Gasteiger partial charge is 0.0929 e. The van der Waals surface area contributed by atoms with Gasteiger partial charge in [-0.3, -0.25) is 0 Å². The van der Waals surface area contributed by atoms with E-state index in [0.29, 0.717) is 0 Å². The molecule has 0 unspecified atom stereocenters. The molecule has 0 fully saturated rings. The molecule has 0 spiro atoms. The maximum absolute atomic E-state index is 9.09. The van der Waals surface area contributed by atoms with Crippen molar-refractivity contribution in [2.45, 2.75) is 32.8 Å². The molecule has 1 aromatic carbocycles. The third kappa shape index (κ3) is 2.94. The van der Waals surface area contributed by atoms with Gasteiger partial charge in [0.2, 0.25) is 0 Å². The summed E-state index contributed by atoms with van der Waals surface area (Å²) in [7, 11) is 0. The van der Waals surface area contributed by atoms with Crippen molar-refractivity contribution >= 4 is 0 Å². The summed E-state index contributed by atoms with van der Waals surface area (Å²) in [5.41, 5.74) is 2.90. The molecule has 89 valence electrons. The van der Waals surface area contributed by atoms with Gasteiger partial charge in [-0.25, -0.2) is 4.68 Å². The molecule has 0 aliphatic carbocycles. The highest BCUT2D eigenvalue weighted by Crippen LogP contribution is 2.11. The number of rotatable bonds is 5. The number of hydrogen-bond donors (Lipinski definition) is 1. The Balaban J connectivity index is 2.18. The first-order valence-corrected chi connectivity index (χ1v) is 6.00. The SMILES string of the molecule is CCCCc1c[c]n(-c2cccc(CO)c2)n1. The summed E-state index contributed by atoms with van der Waals surface area (Å²) in [5, 5.41) is 13.6. The Morgan fingerprint density at radius 1 is 1.41 bits per heavy atom. The van der Waals surface area contributed by atoms with Crippen molar-refractivity contribution in [3.63, 3.8) is 0 Å². The van der Waals surface area contributed by atoms with E-state index in [9.17, 15) is 0 Å². The summed E-state index contributed by atoms with van der Waals surface area (Å²) in [6, 6.07) is 9.63. The predicted molar refractivity (Wildman–Crippen MR) is 66.9 cm³/mol. The van der Waals surface area contributed by atoms with Crippen molar-refractivity contribution in [2.24, 2.45) is 0 Å². The fourth-order valence-electron chi connectivity index (χ4n) is 1.72. The van der Waals surface area contributed by atoms with Crippen LogP contribution in [0.25, 0.3) is 5.69 Å². The van der Waals surface area contributed by atoms with Crippen LogP contribution < -0.4 is 0 Å². The van der Waals surface area contributed by atoms with Crippen LogP contribution in [-0.2, 0) is 13.0 Å². The average molecular weight is 229 g/mol. The minimum absolute atomic E-state index is 0.0534. The second-order valence-corrected chi connectivity index (χ2v) is 4.11. The van der Waals surface area contributed by atoms with E-state index in [1.165, 1.54) is 6.42 Å².